The van der Waals surface area contributed by atoms with Crippen LogP contribution in [0.25, 0.3) is 11.3 Å². The summed E-state index contributed by atoms with van der Waals surface area (Å²) in [5, 5.41) is 5.69. The standard InChI is InChI=1S/C32H33FN2O4/c1-4-35-19-28(31-15-25(18-33)34-38-31)32(39-35)27-16-26(22(2)3)29(36-20-23-11-7-5-8-12-23)17-30(27)37-21-24-13-9-6-10-14-24/h5-17,22H,4,18-21H2,1-3H3. The molecular weight excluding hydrogens is 495 g/mol. The van der Waals surface area contributed by atoms with Crippen LogP contribution in [0.4, 0.5) is 4.39 Å². The summed E-state index contributed by atoms with van der Waals surface area (Å²) >= 11 is 0. The summed E-state index contributed by atoms with van der Waals surface area (Å²) < 4.78 is 31.6. The van der Waals surface area contributed by atoms with Crippen molar-refractivity contribution in [2.24, 2.45) is 0 Å². The Hall–Kier alpha value is -4.10. The second-order valence-electron chi connectivity index (χ2n) is 9.76. The minimum Gasteiger partial charge on any atom is -0.488 e. The van der Waals surface area contributed by atoms with Gasteiger partial charge in [0.25, 0.3) is 0 Å². The first-order valence-corrected chi connectivity index (χ1v) is 13.3. The summed E-state index contributed by atoms with van der Waals surface area (Å²) in [6.45, 7) is 7.54. The molecule has 2 heterocycles. The maximum absolute atomic E-state index is 13.3. The molecule has 1 aliphatic rings. The van der Waals surface area contributed by atoms with E-state index in [1.165, 1.54) is 0 Å². The molecule has 202 valence electrons. The Labute approximate surface area is 228 Å². The molecule has 1 aromatic heterocycles. The average Bonchev–Trinajstić information content (AvgIpc) is 3.63. The van der Waals surface area contributed by atoms with E-state index in [1.54, 1.807) is 6.07 Å². The molecule has 7 heteroatoms. The first-order valence-electron chi connectivity index (χ1n) is 13.3. The van der Waals surface area contributed by atoms with Crippen LogP contribution in [0.5, 0.6) is 11.5 Å². The zero-order valence-corrected chi connectivity index (χ0v) is 22.5. The highest BCUT2D eigenvalue weighted by molar-refractivity contribution is 5.90. The van der Waals surface area contributed by atoms with Crippen LogP contribution >= 0.6 is 0 Å². The molecule has 5 rings (SSSR count). The number of hydrogen-bond donors (Lipinski definition) is 0. The number of nitrogens with zero attached hydrogens (tertiary/aromatic N) is 2. The quantitative estimate of drug-likeness (QED) is 0.200. The molecule has 0 bridgehead atoms. The summed E-state index contributed by atoms with van der Waals surface area (Å²) in [6.07, 6.45) is 0. The van der Waals surface area contributed by atoms with Crippen LogP contribution in [-0.4, -0.2) is 23.3 Å². The number of halogens is 1. The highest BCUT2D eigenvalue weighted by Crippen LogP contribution is 2.43. The van der Waals surface area contributed by atoms with Gasteiger partial charge < -0.3 is 18.8 Å². The number of ether oxygens (including phenoxy) is 2. The number of hydrogen-bond acceptors (Lipinski definition) is 6. The van der Waals surface area contributed by atoms with Crippen molar-refractivity contribution in [3.05, 3.63) is 113 Å². The molecule has 0 fully saturated rings. The van der Waals surface area contributed by atoms with E-state index in [9.17, 15) is 4.39 Å². The van der Waals surface area contributed by atoms with Crippen molar-refractivity contribution in [1.29, 1.82) is 0 Å². The van der Waals surface area contributed by atoms with Gasteiger partial charge in [-0.2, -0.15) is 0 Å². The lowest BCUT2D eigenvalue weighted by molar-refractivity contribution is -0.0557. The number of hydroxylamine groups is 2. The van der Waals surface area contributed by atoms with Crippen molar-refractivity contribution in [1.82, 2.24) is 10.2 Å². The van der Waals surface area contributed by atoms with Gasteiger partial charge in [0.2, 0.25) is 0 Å². The topological polar surface area (TPSA) is 57.0 Å². The van der Waals surface area contributed by atoms with E-state index in [-0.39, 0.29) is 11.6 Å². The number of alkyl halides is 1. The van der Waals surface area contributed by atoms with Gasteiger partial charge in [-0.05, 0) is 35.6 Å². The van der Waals surface area contributed by atoms with E-state index in [0.717, 1.165) is 33.6 Å². The zero-order chi connectivity index (χ0) is 27.2. The molecule has 0 spiro atoms. The summed E-state index contributed by atoms with van der Waals surface area (Å²) in [6, 6.07) is 25.7. The van der Waals surface area contributed by atoms with Crippen molar-refractivity contribution in [2.75, 3.05) is 13.1 Å². The van der Waals surface area contributed by atoms with Gasteiger partial charge in [0.15, 0.2) is 11.5 Å². The molecule has 0 atom stereocenters. The molecule has 0 saturated carbocycles. The van der Waals surface area contributed by atoms with Gasteiger partial charge in [0.05, 0.1) is 17.7 Å². The van der Waals surface area contributed by atoms with E-state index in [0.29, 0.717) is 43.6 Å². The predicted molar refractivity (Wildman–Crippen MR) is 149 cm³/mol. The summed E-state index contributed by atoms with van der Waals surface area (Å²) in [4.78, 5) is 6.31. The van der Waals surface area contributed by atoms with Gasteiger partial charge in [-0.1, -0.05) is 79.7 Å². The molecule has 39 heavy (non-hydrogen) atoms. The normalized spacial score (nSPS) is 13.7. The second-order valence-corrected chi connectivity index (χ2v) is 9.76. The number of aromatic nitrogens is 1. The third-order valence-electron chi connectivity index (χ3n) is 6.63. The third-order valence-corrected chi connectivity index (χ3v) is 6.63. The number of benzene rings is 3. The average molecular weight is 529 g/mol. The highest BCUT2D eigenvalue weighted by Gasteiger charge is 2.31. The van der Waals surface area contributed by atoms with E-state index >= 15 is 0 Å². The monoisotopic (exact) mass is 528 g/mol. The van der Waals surface area contributed by atoms with E-state index < -0.39 is 6.67 Å². The number of likely N-dealkylation sites (N-methyl/N-ethyl adjacent to an activating group) is 1. The highest BCUT2D eigenvalue weighted by atomic mass is 19.1. The van der Waals surface area contributed by atoms with E-state index in [4.69, 9.17) is 18.8 Å². The Morgan fingerprint density at radius 2 is 1.54 bits per heavy atom. The lowest BCUT2D eigenvalue weighted by atomic mass is 9.96. The van der Waals surface area contributed by atoms with Crippen molar-refractivity contribution in [3.63, 3.8) is 0 Å². The zero-order valence-electron chi connectivity index (χ0n) is 22.5. The molecule has 0 unspecified atom stereocenters. The Morgan fingerprint density at radius 3 is 2.10 bits per heavy atom. The first-order chi connectivity index (χ1) is 19.1. The van der Waals surface area contributed by atoms with Gasteiger partial charge >= 0.3 is 0 Å². The fourth-order valence-electron chi connectivity index (χ4n) is 4.48. The molecule has 0 aliphatic carbocycles. The molecule has 6 nitrogen and oxygen atoms in total. The van der Waals surface area contributed by atoms with Crippen LogP contribution < -0.4 is 9.47 Å². The molecule has 0 N–H and O–H groups in total. The summed E-state index contributed by atoms with van der Waals surface area (Å²) in [5.41, 5.74) is 4.98. The second kappa shape index (κ2) is 12.2. The van der Waals surface area contributed by atoms with Crippen LogP contribution in [0, 0.1) is 0 Å². The SMILES string of the molecule is CCN1CC(c2cc(CF)no2)=C(c2cc(C(C)C)c(OCc3ccccc3)cc2OCc2ccccc2)O1. The fraction of sp³-hybridized carbons (Fsp3) is 0.281. The minimum atomic E-state index is -0.694. The van der Waals surface area contributed by atoms with Crippen molar-refractivity contribution in [2.45, 2.75) is 46.6 Å². The van der Waals surface area contributed by atoms with Crippen molar-refractivity contribution < 1.29 is 23.2 Å². The van der Waals surface area contributed by atoms with Crippen LogP contribution in [0.1, 0.15) is 60.4 Å². The van der Waals surface area contributed by atoms with Crippen LogP contribution in [0.3, 0.4) is 0 Å². The Bertz CT molecular complexity index is 1420. The summed E-state index contributed by atoms with van der Waals surface area (Å²) in [7, 11) is 0. The largest absolute Gasteiger partial charge is 0.488 e. The summed E-state index contributed by atoms with van der Waals surface area (Å²) in [5.74, 6) is 2.65. The lowest BCUT2D eigenvalue weighted by Gasteiger charge is -2.21. The van der Waals surface area contributed by atoms with Gasteiger partial charge in [-0.3, -0.25) is 0 Å². The van der Waals surface area contributed by atoms with Gasteiger partial charge in [-0.25, -0.2) is 4.39 Å². The minimum absolute atomic E-state index is 0.175. The maximum atomic E-state index is 13.3. The lowest BCUT2D eigenvalue weighted by Crippen LogP contribution is -2.18. The Balaban J connectivity index is 1.59. The molecule has 1 aliphatic heterocycles. The Kier molecular flexibility index (Phi) is 8.27. The molecule has 3 aromatic carbocycles. The molecule has 0 saturated heterocycles. The molecule has 0 amide bonds. The third kappa shape index (κ3) is 6.15. The maximum Gasteiger partial charge on any atom is 0.168 e. The predicted octanol–water partition coefficient (Wildman–Crippen LogP) is 7.56. The van der Waals surface area contributed by atoms with Crippen LogP contribution in [0.15, 0.2) is 83.4 Å². The Morgan fingerprint density at radius 1 is 0.897 bits per heavy atom. The van der Waals surface area contributed by atoms with Crippen LogP contribution in [-0.2, 0) is 24.7 Å². The first kappa shape index (κ1) is 26.5. The molecule has 4 aromatic rings. The van der Waals surface area contributed by atoms with E-state index in [2.05, 4.69) is 25.1 Å². The van der Waals surface area contributed by atoms with Gasteiger partial charge in [-0.15, -0.1) is 5.06 Å². The van der Waals surface area contributed by atoms with E-state index in [1.807, 2.05) is 78.7 Å². The smallest absolute Gasteiger partial charge is 0.168 e. The van der Waals surface area contributed by atoms with Crippen LogP contribution in [0.2, 0.25) is 0 Å². The number of rotatable bonds is 11. The van der Waals surface area contributed by atoms with Gasteiger partial charge in [0.1, 0.15) is 37.1 Å². The van der Waals surface area contributed by atoms with Gasteiger partial charge in [0, 0.05) is 18.7 Å². The van der Waals surface area contributed by atoms with Crippen molar-refractivity contribution >= 4 is 11.3 Å². The molecular formula is C32H33FN2O4. The fourth-order valence-corrected chi connectivity index (χ4v) is 4.48. The molecule has 0 radical (unpaired) electrons. The van der Waals surface area contributed by atoms with Crippen molar-refractivity contribution in [3.8, 4) is 11.5 Å².